The Morgan fingerprint density at radius 3 is 2.16 bits per heavy atom. The fraction of sp³-hybridized carbons (Fsp3) is 0.167. The van der Waals surface area contributed by atoms with Crippen molar-refractivity contribution in [3.05, 3.63) is 53.6 Å². The quantitative estimate of drug-likeness (QED) is 0.377. The molecule has 7 nitrogen and oxygen atoms in total. The Morgan fingerprint density at radius 1 is 1.04 bits per heavy atom. The number of carbonyl (C=O) groups excluding carboxylic acids is 2. The van der Waals surface area contributed by atoms with E-state index in [1.54, 1.807) is 36.4 Å². The Balaban J connectivity index is 2.19. The number of rotatable bonds is 6. The van der Waals surface area contributed by atoms with Crippen LogP contribution >= 0.6 is 0 Å². The molecule has 0 aliphatic heterocycles. The van der Waals surface area contributed by atoms with Gasteiger partial charge in [-0.05, 0) is 24.3 Å². The smallest absolute Gasteiger partial charge is 0.308 e. The minimum absolute atomic E-state index is 0.183. The van der Waals surface area contributed by atoms with E-state index in [-0.39, 0.29) is 11.7 Å². The van der Waals surface area contributed by atoms with Crippen molar-refractivity contribution in [1.29, 1.82) is 0 Å². The molecule has 0 unspecified atom stereocenters. The molecule has 130 valence electrons. The lowest BCUT2D eigenvalue weighted by atomic mass is 10.2. The van der Waals surface area contributed by atoms with Gasteiger partial charge in [0.25, 0.3) is 5.91 Å². The summed E-state index contributed by atoms with van der Waals surface area (Å²) >= 11 is 0. The molecule has 1 amide bonds. The summed E-state index contributed by atoms with van der Waals surface area (Å²) in [4.78, 5) is 23.1. The predicted octanol–water partition coefficient (Wildman–Crippen LogP) is 2.39. The van der Waals surface area contributed by atoms with Gasteiger partial charge in [0, 0.05) is 18.1 Å². The average Bonchev–Trinajstić information content (AvgIpc) is 2.62. The first kappa shape index (κ1) is 18.0. The molecule has 0 saturated heterocycles. The second-order valence-corrected chi connectivity index (χ2v) is 4.91. The third-order valence-electron chi connectivity index (χ3n) is 3.14. The number of carbonyl (C=O) groups is 2. The molecular formula is C18H18N2O5. The van der Waals surface area contributed by atoms with Crippen molar-refractivity contribution < 1.29 is 23.8 Å². The Kier molecular flexibility index (Phi) is 6.11. The van der Waals surface area contributed by atoms with Crippen molar-refractivity contribution in [2.75, 3.05) is 14.2 Å². The second-order valence-electron chi connectivity index (χ2n) is 4.91. The Morgan fingerprint density at radius 2 is 1.64 bits per heavy atom. The first-order chi connectivity index (χ1) is 12.0. The molecule has 7 heteroatoms. The lowest BCUT2D eigenvalue weighted by Gasteiger charge is -2.13. The molecule has 2 rings (SSSR count). The first-order valence-electron chi connectivity index (χ1n) is 7.38. The largest absolute Gasteiger partial charge is 0.493 e. The minimum Gasteiger partial charge on any atom is -0.493 e. The highest BCUT2D eigenvalue weighted by molar-refractivity contribution is 5.95. The molecule has 1 N–H and O–H groups in total. The van der Waals surface area contributed by atoms with Crippen LogP contribution in [0.2, 0.25) is 0 Å². The molecule has 0 fully saturated rings. The van der Waals surface area contributed by atoms with E-state index in [0.717, 1.165) is 0 Å². The van der Waals surface area contributed by atoms with E-state index in [1.807, 2.05) is 6.07 Å². The van der Waals surface area contributed by atoms with Gasteiger partial charge in [0.1, 0.15) is 0 Å². The van der Waals surface area contributed by atoms with E-state index >= 15 is 0 Å². The number of hydrazone groups is 1. The number of hydrogen-bond donors (Lipinski definition) is 1. The van der Waals surface area contributed by atoms with Crippen LogP contribution in [0.4, 0.5) is 0 Å². The second kappa shape index (κ2) is 8.49. The number of amides is 1. The summed E-state index contributed by atoms with van der Waals surface area (Å²) in [5.74, 6) is -0.0146. The van der Waals surface area contributed by atoms with Crippen LogP contribution < -0.4 is 19.6 Å². The summed E-state index contributed by atoms with van der Waals surface area (Å²) in [5.41, 5.74) is 3.53. The van der Waals surface area contributed by atoms with Crippen LogP contribution in [0.3, 0.4) is 0 Å². The number of methoxy groups -OCH3 is 2. The zero-order valence-corrected chi connectivity index (χ0v) is 14.1. The van der Waals surface area contributed by atoms with E-state index in [4.69, 9.17) is 14.2 Å². The molecule has 0 aliphatic carbocycles. The average molecular weight is 342 g/mol. The fourth-order valence-electron chi connectivity index (χ4n) is 2.04. The van der Waals surface area contributed by atoms with E-state index in [1.165, 1.54) is 27.4 Å². The van der Waals surface area contributed by atoms with Crippen LogP contribution in [-0.4, -0.2) is 32.3 Å². The fourth-order valence-corrected chi connectivity index (χ4v) is 2.04. The zero-order valence-electron chi connectivity index (χ0n) is 14.1. The number of hydrogen-bond acceptors (Lipinski definition) is 6. The van der Waals surface area contributed by atoms with Gasteiger partial charge in [-0.1, -0.05) is 18.2 Å². The highest BCUT2D eigenvalue weighted by Gasteiger charge is 2.15. The molecular weight excluding hydrogens is 324 g/mol. The number of benzene rings is 2. The molecule has 0 bridgehead atoms. The van der Waals surface area contributed by atoms with E-state index in [9.17, 15) is 9.59 Å². The van der Waals surface area contributed by atoms with Crippen molar-refractivity contribution in [2.24, 2.45) is 5.10 Å². The summed E-state index contributed by atoms with van der Waals surface area (Å²) in [5, 5.41) is 3.92. The summed E-state index contributed by atoms with van der Waals surface area (Å²) in [6, 6.07) is 11.9. The number of ether oxygens (including phenoxy) is 3. The van der Waals surface area contributed by atoms with Gasteiger partial charge in [0.2, 0.25) is 5.75 Å². The molecule has 2 aromatic rings. The number of nitrogens with zero attached hydrogens (tertiary/aromatic N) is 1. The molecule has 0 atom stereocenters. The maximum atomic E-state index is 11.9. The van der Waals surface area contributed by atoms with Crippen molar-refractivity contribution >= 4 is 18.1 Å². The van der Waals surface area contributed by atoms with Crippen LogP contribution in [0.25, 0.3) is 0 Å². The maximum Gasteiger partial charge on any atom is 0.308 e. The molecule has 0 spiro atoms. The highest BCUT2D eigenvalue weighted by atomic mass is 16.6. The van der Waals surface area contributed by atoms with Crippen LogP contribution in [0.15, 0.2) is 47.6 Å². The van der Waals surface area contributed by atoms with Crippen molar-refractivity contribution in [3.8, 4) is 17.2 Å². The van der Waals surface area contributed by atoms with Crippen molar-refractivity contribution in [2.45, 2.75) is 6.92 Å². The minimum atomic E-state index is -0.492. The summed E-state index contributed by atoms with van der Waals surface area (Å²) < 4.78 is 15.6. The molecule has 0 radical (unpaired) electrons. The predicted molar refractivity (Wildman–Crippen MR) is 92.4 cm³/mol. The standard InChI is InChI=1S/C18H18N2O5/c1-12(21)25-17-15(23-2)9-13(10-16(17)24-3)11-19-20-18(22)14-7-5-4-6-8-14/h4-11H,1-3H3,(H,20,22)/b19-11+. The first-order valence-corrected chi connectivity index (χ1v) is 7.38. The lowest BCUT2D eigenvalue weighted by Crippen LogP contribution is -2.17. The van der Waals surface area contributed by atoms with Crippen molar-refractivity contribution in [1.82, 2.24) is 5.43 Å². The van der Waals surface area contributed by atoms with Gasteiger partial charge in [-0.15, -0.1) is 0 Å². The van der Waals surface area contributed by atoms with E-state index < -0.39 is 5.97 Å². The summed E-state index contributed by atoms with van der Waals surface area (Å²) in [6.07, 6.45) is 1.43. The molecule has 0 aromatic heterocycles. The van der Waals surface area contributed by atoms with Crippen molar-refractivity contribution in [3.63, 3.8) is 0 Å². The lowest BCUT2D eigenvalue weighted by molar-refractivity contribution is -0.132. The SMILES string of the molecule is COc1cc(/C=N/NC(=O)c2ccccc2)cc(OC)c1OC(C)=O. The van der Waals surface area contributed by atoms with Crippen LogP contribution in [0.5, 0.6) is 17.2 Å². The van der Waals surface area contributed by atoms with E-state index in [2.05, 4.69) is 10.5 Å². The van der Waals surface area contributed by atoms with Gasteiger partial charge in [0.05, 0.1) is 20.4 Å². The van der Waals surface area contributed by atoms with Gasteiger partial charge in [-0.25, -0.2) is 5.43 Å². The third-order valence-corrected chi connectivity index (χ3v) is 3.14. The Hall–Kier alpha value is -3.35. The van der Waals surface area contributed by atoms with Gasteiger partial charge in [0.15, 0.2) is 11.5 Å². The van der Waals surface area contributed by atoms with Gasteiger partial charge in [-0.2, -0.15) is 5.10 Å². The summed E-state index contributed by atoms with van der Waals surface area (Å²) in [6.45, 7) is 1.29. The normalized spacial score (nSPS) is 10.4. The molecule has 0 saturated carbocycles. The topological polar surface area (TPSA) is 86.2 Å². The van der Waals surface area contributed by atoms with Gasteiger partial charge >= 0.3 is 5.97 Å². The monoisotopic (exact) mass is 342 g/mol. The Labute approximate surface area is 145 Å². The van der Waals surface area contributed by atoms with Crippen LogP contribution in [0, 0.1) is 0 Å². The zero-order chi connectivity index (χ0) is 18.2. The van der Waals surface area contributed by atoms with Gasteiger partial charge in [-0.3, -0.25) is 9.59 Å². The molecule has 0 aliphatic rings. The third kappa shape index (κ3) is 4.81. The maximum absolute atomic E-state index is 11.9. The van der Waals surface area contributed by atoms with Crippen LogP contribution in [0.1, 0.15) is 22.8 Å². The molecule has 25 heavy (non-hydrogen) atoms. The molecule has 2 aromatic carbocycles. The van der Waals surface area contributed by atoms with Gasteiger partial charge < -0.3 is 14.2 Å². The summed E-state index contributed by atoms with van der Waals surface area (Å²) in [7, 11) is 2.89. The van der Waals surface area contributed by atoms with E-state index in [0.29, 0.717) is 22.6 Å². The number of nitrogens with one attached hydrogen (secondary N) is 1. The Bertz CT molecular complexity index is 762. The number of esters is 1. The molecule has 0 heterocycles. The highest BCUT2D eigenvalue weighted by Crippen LogP contribution is 2.38. The van der Waals surface area contributed by atoms with Crippen LogP contribution in [-0.2, 0) is 4.79 Å².